The van der Waals surface area contributed by atoms with Crippen LogP contribution in [0.2, 0.25) is 0 Å². The number of hydrogen-bond acceptors (Lipinski definition) is 3. The molecular weight excluding hydrogens is 486 g/mol. The van der Waals surface area contributed by atoms with Gasteiger partial charge in [-0.15, -0.1) is 11.8 Å². The van der Waals surface area contributed by atoms with Crippen LogP contribution in [0.5, 0.6) is 0 Å². The number of nitrogens with zero attached hydrogens (tertiary/aromatic N) is 1. The van der Waals surface area contributed by atoms with E-state index < -0.39 is 23.8 Å². The molecular formula is C26H28F6N2S. The fourth-order valence-electron chi connectivity index (χ4n) is 4.09. The van der Waals surface area contributed by atoms with Crippen molar-refractivity contribution in [2.75, 3.05) is 11.1 Å². The first kappa shape index (κ1) is 27.0. The molecule has 1 heterocycles. The highest BCUT2D eigenvalue weighted by atomic mass is 32.2. The fraction of sp³-hybridized carbons (Fsp3) is 0.385. The molecule has 1 atom stereocenters. The smallest absolute Gasteiger partial charge is 0.359 e. The normalized spacial score (nSPS) is 16.1. The van der Waals surface area contributed by atoms with E-state index in [9.17, 15) is 26.3 Å². The number of rotatable bonds is 8. The maximum atomic E-state index is 13.0. The Hall–Kier alpha value is -2.55. The highest BCUT2D eigenvalue weighted by molar-refractivity contribution is 7.99. The number of thioether (sulfide) groups is 1. The second kappa shape index (κ2) is 10.2. The standard InChI is InChI=1S/C26H28F6N2S/c1-15(2)14-35-21-10-11-22-19(12-21)13-34(16(3)4)23(22)17(5)33-20-8-6-18(7-9-20)24(25(27,28)29)26(30,31)32/h6-12,15,23-24,33H,3,5,13-14H2,1-2,4H3. The quantitative estimate of drug-likeness (QED) is 0.280. The van der Waals surface area contributed by atoms with Gasteiger partial charge in [0, 0.05) is 34.3 Å². The van der Waals surface area contributed by atoms with Gasteiger partial charge in [-0.1, -0.05) is 45.2 Å². The van der Waals surface area contributed by atoms with Crippen LogP contribution in [-0.2, 0) is 6.54 Å². The SMILES string of the molecule is C=C(Nc1ccc(C(C(F)(F)F)C(F)(F)F)cc1)C1c2ccc(SCC(C)C)cc2CN1C(=C)C. The lowest BCUT2D eigenvalue weighted by Gasteiger charge is -2.29. The van der Waals surface area contributed by atoms with Gasteiger partial charge in [0.1, 0.15) is 0 Å². The molecule has 1 aliphatic rings. The van der Waals surface area contributed by atoms with Crippen LogP contribution in [0.3, 0.4) is 0 Å². The third-order valence-electron chi connectivity index (χ3n) is 5.67. The van der Waals surface area contributed by atoms with Crippen LogP contribution < -0.4 is 5.32 Å². The minimum absolute atomic E-state index is 0.274. The highest BCUT2D eigenvalue weighted by Gasteiger charge is 2.57. The molecule has 190 valence electrons. The molecule has 3 rings (SSSR count). The van der Waals surface area contributed by atoms with E-state index in [1.165, 1.54) is 12.1 Å². The molecule has 0 radical (unpaired) electrons. The van der Waals surface area contributed by atoms with Crippen molar-refractivity contribution >= 4 is 17.4 Å². The molecule has 2 aromatic carbocycles. The molecule has 2 aromatic rings. The number of alkyl halides is 6. The Balaban J connectivity index is 1.82. The first-order valence-corrected chi connectivity index (χ1v) is 12.0. The van der Waals surface area contributed by atoms with Crippen LogP contribution >= 0.6 is 11.8 Å². The molecule has 1 unspecified atom stereocenters. The van der Waals surface area contributed by atoms with Crippen molar-refractivity contribution in [2.45, 2.75) is 56.5 Å². The Morgan fingerprint density at radius 3 is 2.14 bits per heavy atom. The van der Waals surface area contributed by atoms with Crippen LogP contribution in [0, 0.1) is 5.92 Å². The topological polar surface area (TPSA) is 15.3 Å². The van der Waals surface area contributed by atoms with Gasteiger partial charge in [0.2, 0.25) is 0 Å². The molecule has 0 saturated carbocycles. The molecule has 0 spiro atoms. The Morgan fingerprint density at radius 2 is 1.63 bits per heavy atom. The summed E-state index contributed by atoms with van der Waals surface area (Å²) in [6, 6.07) is 10.1. The van der Waals surface area contributed by atoms with Crippen LogP contribution in [0.15, 0.2) is 71.9 Å². The van der Waals surface area contributed by atoms with E-state index in [4.69, 9.17) is 0 Å². The van der Waals surface area contributed by atoms with E-state index in [1.54, 1.807) is 11.8 Å². The molecule has 0 fully saturated rings. The Morgan fingerprint density at radius 1 is 1.03 bits per heavy atom. The van der Waals surface area contributed by atoms with Gasteiger partial charge in [-0.3, -0.25) is 0 Å². The van der Waals surface area contributed by atoms with Gasteiger partial charge in [-0.25, -0.2) is 0 Å². The maximum Gasteiger partial charge on any atom is 0.404 e. The second-order valence-electron chi connectivity index (χ2n) is 9.12. The molecule has 1 N–H and O–H groups in total. The minimum Gasteiger partial charge on any atom is -0.359 e. The minimum atomic E-state index is -5.43. The molecule has 0 aliphatic carbocycles. The van der Waals surface area contributed by atoms with E-state index >= 15 is 0 Å². The van der Waals surface area contributed by atoms with Crippen molar-refractivity contribution in [3.8, 4) is 0 Å². The fourth-order valence-corrected chi connectivity index (χ4v) is 5.00. The first-order chi connectivity index (χ1) is 16.2. The number of anilines is 1. The van der Waals surface area contributed by atoms with Crippen molar-refractivity contribution in [2.24, 2.45) is 5.92 Å². The number of halogens is 6. The highest BCUT2D eigenvalue weighted by Crippen LogP contribution is 2.47. The monoisotopic (exact) mass is 514 g/mol. The molecule has 35 heavy (non-hydrogen) atoms. The molecule has 0 bridgehead atoms. The Kier molecular flexibility index (Phi) is 7.89. The summed E-state index contributed by atoms with van der Waals surface area (Å²) in [4.78, 5) is 3.23. The first-order valence-electron chi connectivity index (χ1n) is 11.1. The van der Waals surface area contributed by atoms with Gasteiger partial charge in [-0.05, 0) is 53.8 Å². The zero-order valence-corrected chi connectivity index (χ0v) is 20.5. The van der Waals surface area contributed by atoms with Gasteiger partial charge < -0.3 is 10.2 Å². The molecule has 0 saturated heterocycles. The average molecular weight is 515 g/mol. The summed E-state index contributed by atoms with van der Waals surface area (Å²) in [5, 5.41) is 3.06. The maximum absolute atomic E-state index is 13.0. The molecule has 0 aromatic heterocycles. The molecule has 1 aliphatic heterocycles. The third-order valence-corrected chi connectivity index (χ3v) is 7.09. The van der Waals surface area contributed by atoms with Gasteiger partial charge in [0.25, 0.3) is 0 Å². The van der Waals surface area contributed by atoms with E-state index in [0.29, 0.717) is 23.8 Å². The van der Waals surface area contributed by atoms with Crippen LogP contribution in [0.4, 0.5) is 32.0 Å². The Labute approximate surface area is 206 Å². The predicted octanol–water partition coefficient (Wildman–Crippen LogP) is 8.66. The summed E-state index contributed by atoms with van der Waals surface area (Å²) in [5.74, 6) is -1.97. The van der Waals surface area contributed by atoms with E-state index in [-0.39, 0.29) is 6.04 Å². The summed E-state index contributed by atoms with van der Waals surface area (Å²) in [6.45, 7) is 15.0. The van der Waals surface area contributed by atoms with Crippen LogP contribution in [0.25, 0.3) is 0 Å². The number of benzene rings is 2. The van der Waals surface area contributed by atoms with Crippen LogP contribution in [0.1, 0.15) is 49.4 Å². The van der Waals surface area contributed by atoms with E-state index in [2.05, 4.69) is 49.4 Å². The van der Waals surface area contributed by atoms with Gasteiger partial charge in [0.05, 0.1) is 6.04 Å². The number of hydrogen-bond donors (Lipinski definition) is 1. The number of fused-ring (bicyclic) bond motifs is 1. The summed E-state index contributed by atoms with van der Waals surface area (Å²) in [5.41, 5.74) is 3.02. The van der Waals surface area contributed by atoms with Gasteiger partial charge in [0.15, 0.2) is 5.92 Å². The van der Waals surface area contributed by atoms with Crippen LogP contribution in [-0.4, -0.2) is 23.0 Å². The lowest BCUT2D eigenvalue weighted by molar-refractivity contribution is -0.253. The van der Waals surface area contributed by atoms with Crippen molar-refractivity contribution in [3.05, 3.63) is 83.7 Å². The van der Waals surface area contributed by atoms with Gasteiger partial charge >= 0.3 is 12.4 Å². The summed E-state index contributed by atoms with van der Waals surface area (Å²) >= 11 is 1.78. The third kappa shape index (κ3) is 6.37. The van der Waals surface area contributed by atoms with Gasteiger partial charge in [-0.2, -0.15) is 26.3 Å². The number of allylic oxidation sites excluding steroid dienone is 1. The second-order valence-corrected chi connectivity index (χ2v) is 10.2. The van der Waals surface area contributed by atoms with Crippen molar-refractivity contribution in [1.82, 2.24) is 4.90 Å². The largest absolute Gasteiger partial charge is 0.404 e. The molecule has 0 amide bonds. The predicted molar refractivity (Wildman–Crippen MR) is 129 cm³/mol. The lowest BCUT2D eigenvalue weighted by Crippen LogP contribution is -2.34. The lowest BCUT2D eigenvalue weighted by atomic mass is 9.97. The molecule has 2 nitrogen and oxygen atoms in total. The summed E-state index contributed by atoms with van der Waals surface area (Å²) in [7, 11) is 0. The zero-order valence-electron chi connectivity index (χ0n) is 19.7. The number of nitrogens with one attached hydrogen (secondary N) is 1. The van der Waals surface area contributed by atoms with Crippen molar-refractivity contribution < 1.29 is 26.3 Å². The average Bonchev–Trinajstić information content (AvgIpc) is 3.11. The van der Waals surface area contributed by atoms with Crippen molar-refractivity contribution in [1.29, 1.82) is 0 Å². The Bertz CT molecular complexity index is 1060. The zero-order chi connectivity index (χ0) is 26.1. The molecule has 9 heteroatoms. The summed E-state index contributed by atoms with van der Waals surface area (Å²) < 4.78 is 78.2. The van der Waals surface area contributed by atoms with Crippen molar-refractivity contribution in [3.63, 3.8) is 0 Å². The van der Waals surface area contributed by atoms with E-state index in [0.717, 1.165) is 39.6 Å². The van der Waals surface area contributed by atoms with E-state index in [1.807, 2.05) is 13.0 Å². The summed E-state index contributed by atoms with van der Waals surface area (Å²) in [6.07, 6.45) is -10.9.